The SMILES string of the molecule is O=C(Cc1ccccc1F)Nc1ccn(-c2ccccc2)n1. The fourth-order valence-corrected chi connectivity index (χ4v) is 2.12. The van der Waals surface area contributed by atoms with E-state index in [4.69, 9.17) is 0 Å². The molecule has 22 heavy (non-hydrogen) atoms. The Morgan fingerprint density at radius 3 is 2.55 bits per heavy atom. The van der Waals surface area contributed by atoms with Crippen molar-refractivity contribution in [2.75, 3.05) is 5.32 Å². The summed E-state index contributed by atoms with van der Waals surface area (Å²) in [6.07, 6.45) is 1.74. The van der Waals surface area contributed by atoms with Crippen LogP contribution in [0.1, 0.15) is 5.56 Å². The molecule has 0 aliphatic heterocycles. The Labute approximate surface area is 127 Å². The van der Waals surface area contributed by atoms with Crippen molar-refractivity contribution in [1.29, 1.82) is 0 Å². The number of aromatic nitrogens is 2. The molecule has 0 saturated carbocycles. The Balaban J connectivity index is 1.68. The highest BCUT2D eigenvalue weighted by Gasteiger charge is 2.09. The van der Waals surface area contributed by atoms with Gasteiger partial charge in [-0.15, -0.1) is 0 Å². The highest BCUT2D eigenvalue weighted by molar-refractivity contribution is 5.91. The van der Waals surface area contributed by atoms with Crippen LogP contribution < -0.4 is 5.32 Å². The lowest BCUT2D eigenvalue weighted by Gasteiger charge is -2.04. The van der Waals surface area contributed by atoms with Gasteiger partial charge in [0, 0.05) is 12.3 Å². The second-order valence-corrected chi connectivity index (χ2v) is 4.80. The summed E-state index contributed by atoms with van der Waals surface area (Å²) in [5, 5.41) is 6.95. The van der Waals surface area contributed by atoms with Gasteiger partial charge in [-0.25, -0.2) is 9.07 Å². The second kappa shape index (κ2) is 6.22. The van der Waals surface area contributed by atoms with E-state index in [-0.39, 0.29) is 18.1 Å². The van der Waals surface area contributed by atoms with E-state index in [1.807, 2.05) is 30.3 Å². The predicted molar refractivity (Wildman–Crippen MR) is 82.3 cm³/mol. The minimum Gasteiger partial charge on any atom is -0.309 e. The summed E-state index contributed by atoms with van der Waals surface area (Å²) in [5.41, 5.74) is 1.26. The van der Waals surface area contributed by atoms with Crippen molar-refractivity contribution in [2.24, 2.45) is 0 Å². The van der Waals surface area contributed by atoms with Gasteiger partial charge in [0.25, 0.3) is 0 Å². The van der Waals surface area contributed by atoms with Gasteiger partial charge in [0.05, 0.1) is 12.1 Å². The Hall–Kier alpha value is -2.95. The molecule has 1 heterocycles. The van der Waals surface area contributed by atoms with Crippen molar-refractivity contribution in [3.05, 3.63) is 78.2 Å². The van der Waals surface area contributed by atoms with Crippen LogP contribution in [0.2, 0.25) is 0 Å². The maximum Gasteiger partial charge on any atom is 0.230 e. The van der Waals surface area contributed by atoms with Crippen LogP contribution in [0.15, 0.2) is 66.9 Å². The summed E-state index contributed by atoms with van der Waals surface area (Å²) in [4.78, 5) is 12.0. The third-order valence-electron chi connectivity index (χ3n) is 3.19. The van der Waals surface area contributed by atoms with E-state index in [9.17, 15) is 9.18 Å². The molecule has 1 amide bonds. The number of hydrogen-bond acceptors (Lipinski definition) is 2. The molecule has 1 N–H and O–H groups in total. The zero-order valence-corrected chi connectivity index (χ0v) is 11.7. The monoisotopic (exact) mass is 295 g/mol. The fourth-order valence-electron chi connectivity index (χ4n) is 2.12. The number of rotatable bonds is 4. The summed E-state index contributed by atoms with van der Waals surface area (Å²) in [6.45, 7) is 0. The molecule has 3 rings (SSSR count). The average Bonchev–Trinajstić information content (AvgIpc) is 2.99. The Bertz CT molecular complexity index is 783. The van der Waals surface area contributed by atoms with Gasteiger partial charge in [-0.3, -0.25) is 4.79 Å². The van der Waals surface area contributed by atoms with E-state index in [1.165, 1.54) is 6.07 Å². The minimum atomic E-state index is -0.382. The normalized spacial score (nSPS) is 10.4. The number of nitrogens with zero attached hydrogens (tertiary/aromatic N) is 2. The molecule has 0 aliphatic rings. The first-order valence-corrected chi connectivity index (χ1v) is 6.87. The summed E-state index contributed by atoms with van der Waals surface area (Å²) in [5.74, 6) is -0.249. The number of benzene rings is 2. The van der Waals surface area contributed by atoms with Crippen LogP contribution in [0.3, 0.4) is 0 Å². The number of carbonyl (C=O) groups is 1. The van der Waals surface area contributed by atoms with Gasteiger partial charge in [-0.1, -0.05) is 36.4 Å². The molecule has 0 bridgehead atoms. The number of amides is 1. The minimum absolute atomic E-state index is 0.0229. The molecule has 0 aliphatic carbocycles. The number of anilines is 1. The third kappa shape index (κ3) is 3.20. The predicted octanol–water partition coefficient (Wildman–Crippen LogP) is 3.19. The zero-order valence-electron chi connectivity index (χ0n) is 11.7. The van der Waals surface area contributed by atoms with E-state index in [0.29, 0.717) is 11.4 Å². The van der Waals surface area contributed by atoms with Crippen LogP contribution in [0, 0.1) is 5.82 Å². The van der Waals surface area contributed by atoms with Crippen LogP contribution in [-0.4, -0.2) is 15.7 Å². The third-order valence-corrected chi connectivity index (χ3v) is 3.19. The largest absolute Gasteiger partial charge is 0.309 e. The van der Waals surface area contributed by atoms with Crippen LogP contribution >= 0.6 is 0 Å². The number of halogens is 1. The molecule has 5 heteroatoms. The van der Waals surface area contributed by atoms with Crippen LogP contribution in [0.25, 0.3) is 5.69 Å². The quantitative estimate of drug-likeness (QED) is 0.803. The highest BCUT2D eigenvalue weighted by atomic mass is 19.1. The molecular formula is C17H14FN3O. The number of para-hydroxylation sites is 1. The van der Waals surface area contributed by atoms with Gasteiger partial charge in [0.1, 0.15) is 5.82 Å². The van der Waals surface area contributed by atoms with E-state index >= 15 is 0 Å². The Morgan fingerprint density at radius 2 is 1.77 bits per heavy atom. The number of nitrogens with one attached hydrogen (secondary N) is 1. The number of carbonyl (C=O) groups excluding carboxylic acids is 1. The summed E-state index contributed by atoms with van der Waals surface area (Å²) in [6, 6.07) is 17.5. The molecule has 1 aromatic heterocycles. The van der Waals surface area contributed by atoms with Gasteiger partial charge in [0.2, 0.25) is 5.91 Å². The van der Waals surface area contributed by atoms with Crippen molar-refractivity contribution < 1.29 is 9.18 Å². The topological polar surface area (TPSA) is 46.9 Å². The molecule has 110 valence electrons. The van der Waals surface area contributed by atoms with E-state index in [2.05, 4.69) is 10.4 Å². The molecule has 3 aromatic rings. The van der Waals surface area contributed by atoms with Gasteiger partial charge < -0.3 is 5.32 Å². The first-order valence-electron chi connectivity index (χ1n) is 6.87. The van der Waals surface area contributed by atoms with Gasteiger partial charge in [0.15, 0.2) is 5.82 Å². The lowest BCUT2D eigenvalue weighted by molar-refractivity contribution is -0.115. The fraction of sp³-hybridized carbons (Fsp3) is 0.0588. The van der Waals surface area contributed by atoms with E-state index < -0.39 is 0 Å². The maximum atomic E-state index is 13.5. The molecule has 0 spiro atoms. The van der Waals surface area contributed by atoms with Gasteiger partial charge >= 0.3 is 0 Å². The zero-order chi connectivity index (χ0) is 15.4. The van der Waals surface area contributed by atoms with Crippen molar-refractivity contribution in [3.8, 4) is 5.69 Å². The molecule has 4 nitrogen and oxygen atoms in total. The second-order valence-electron chi connectivity index (χ2n) is 4.80. The standard InChI is InChI=1S/C17H14FN3O/c18-15-9-5-4-6-13(15)12-17(22)19-16-10-11-21(20-16)14-7-2-1-3-8-14/h1-11H,12H2,(H,19,20,22). The Kier molecular flexibility index (Phi) is 3.96. The lowest BCUT2D eigenvalue weighted by Crippen LogP contribution is -2.15. The van der Waals surface area contributed by atoms with E-state index in [0.717, 1.165) is 5.69 Å². The van der Waals surface area contributed by atoms with Crippen LogP contribution in [0.4, 0.5) is 10.2 Å². The van der Waals surface area contributed by atoms with Gasteiger partial charge in [-0.05, 0) is 23.8 Å². The molecule has 0 unspecified atom stereocenters. The van der Waals surface area contributed by atoms with Crippen molar-refractivity contribution in [2.45, 2.75) is 6.42 Å². The van der Waals surface area contributed by atoms with Crippen molar-refractivity contribution >= 4 is 11.7 Å². The van der Waals surface area contributed by atoms with E-state index in [1.54, 1.807) is 35.1 Å². The Morgan fingerprint density at radius 1 is 1.05 bits per heavy atom. The summed E-state index contributed by atoms with van der Waals surface area (Å²) in [7, 11) is 0. The molecule has 0 atom stereocenters. The molecule has 0 saturated heterocycles. The molecule has 0 radical (unpaired) electrons. The van der Waals surface area contributed by atoms with Crippen LogP contribution in [-0.2, 0) is 11.2 Å². The molecular weight excluding hydrogens is 281 g/mol. The average molecular weight is 295 g/mol. The first-order chi connectivity index (χ1) is 10.7. The highest BCUT2D eigenvalue weighted by Crippen LogP contribution is 2.11. The lowest BCUT2D eigenvalue weighted by atomic mass is 10.1. The van der Waals surface area contributed by atoms with Crippen LogP contribution in [0.5, 0.6) is 0 Å². The molecule has 2 aromatic carbocycles. The smallest absolute Gasteiger partial charge is 0.230 e. The van der Waals surface area contributed by atoms with Crippen molar-refractivity contribution in [3.63, 3.8) is 0 Å². The molecule has 0 fully saturated rings. The van der Waals surface area contributed by atoms with Gasteiger partial charge in [-0.2, -0.15) is 5.10 Å². The summed E-state index contributed by atoms with van der Waals surface area (Å²) < 4.78 is 15.2. The van der Waals surface area contributed by atoms with Crippen molar-refractivity contribution in [1.82, 2.24) is 9.78 Å². The first kappa shape index (κ1) is 14.0. The summed E-state index contributed by atoms with van der Waals surface area (Å²) >= 11 is 0. The maximum absolute atomic E-state index is 13.5. The number of hydrogen-bond donors (Lipinski definition) is 1.